The molecular formula is C6H15NO. The number of nitrogens with one attached hydrogen (secondary N) is 1. The van der Waals surface area contributed by atoms with E-state index in [0.29, 0.717) is 0 Å². The van der Waals surface area contributed by atoms with E-state index in [4.69, 9.17) is 4.74 Å². The van der Waals surface area contributed by atoms with Gasteiger partial charge < -0.3 is 4.74 Å². The molecule has 0 aliphatic rings. The molecule has 2 nitrogen and oxygen atoms in total. The lowest BCUT2D eigenvalue weighted by Crippen LogP contribution is -2.28. The number of hydrogen-bond acceptors (Lipinski definition) is 2. The van der Waals surface area contributed by atoms with Crippen LogP contribution < -0.4 is 5.32 Å². The van der Waals surface area contributed by atoms with Crippen LogP contribution in [0.3, 0.4) is 0 Å². The molecule has 0 aromatic carbocycles. The molecule has 8 heavy (non-hydrogen) atoms. The van der Waals surface area contributed by atoms with E-state index in [-0.39, 0.29) is 6.23 Å². The van der Waals surface area contributed by atoms with Gasteiger partial charge in [0.1, 0.15) is 6.23 Å². The van der Waals surface area contributed by atoms with Crippen LogP contribution >= 0.6 is 0 Å². The Morgan fingerprint density at radius 2 is 2.12 bits per heavy atom. The molecule has 0 amide bonds. The predicted octanol–water partition coefficient (Wildman–Crippen LogP) is 0.978. The summed E-state index contributed by atoms with van der Waals surface area (Å²) in [7, 11) is 0. The van der Waals surface area contributed by atoms with Gasteiger partial charge in [0, 0.05) is 6.61 Å². The van der Waals surface area contributed by atoms with Gasteiger partial charge >= 0.3 is 0 Å². The van der Waals surface area contributed by atoms with Gasteiger partial charge in [-0.3, -0.25) is 5.32 Å². The zero-order valence-electron chi connectivity index (χ0n) is 5.90. The molecule has 1 unspecified atom stereocenters. The molecule has 50 valence electrons. The monoisotopic (exact) mass is 117 g/mol. The smallest absolute Gasteiger partial charge is 0.105 e. The first kappa shape index (κ1) is 7.92. The molecule has 0 heterocycles. The summed E-state index contributed by atoms with van der Waals surface area (Å²) in [6.45, 7) is 7.83. The van der Waals surface area contributed by atoms with Crippen LogP contribution in [0.15, 0.2) is 0 Å². The Hall–Kier alpha value is -0.0800. The summed E-state index contributed by atoms with van der Waals surface area (Å²) in [5.74, 6) is 0. The summed E-state index contributed by atoms with van der Waals surface area (Å²) in [5.41, 5.74) is 0. The molecule has 0 aliphatic carbocycles. The summed E-state index contributed by atoms with van der Waals surface area (Å²) in [6.07, 6.45) is 0.213. The largest absolute Gasteiger partial charge is 0.364 e. The normalized spacial score (nSPS) is 13.9. The molecule has 0 saturated carbocycles. The third-order valence-corrected chi connectivity index (χ3v) is 0.908. The van der Waals surface area contributed by atoms with Crippen molar-refractivity contribution in [1.29, 1.82) is 0 Å². The molecule has 0 aromatic rings. The lowest BCUT2D eigenvalue weighted by molar-refractivity contribution is 0.0534. The molecule has 0 saturated heterocycles. The minimum atomic E-state index is 0.213. The third-order valence-electron chi connectivity index (χ3n) is 0.908. The highest BCUT2D eigenvalue weighted by Crippen LogP contribution is 1.81. The van der Waals surface area contributed by atoms with Crippen LogP contribution in [0.1, 0.15) is 20.8 Å². The van der Waals surface area contributed by atoms with E-state index in [1.807, 2.05) is 13.8 Å². The van der Waals surface area contributed by atoms with Crippen molar-refractivity contribution in [2.75, 3.05) is 13.2 Å². The van der Waals surface area contributed by atoms with Crippen LogP contribution in [0.4, 0.5) is 0 Å². The second kappa shape index (κ2) is 5.06. The third kappa shape index (κ3) is 4.09. The van der Waals surface area contributed by atoms with Crippen LogP contribution in [0.5, 0.6) is 0 Å². The summed E-state index contributed by atoms with van der Waals surface area (Å²) < 4.78 is 5.17. The second-order valence-corrected chi connectivity index (χ2v) is 1.66. The molecule has 0 fully saturated rings. The Balaban J connectivity index is 2.92. The molecule has 0 spiro atoms. The van der Waals surface area contributed by atoms with Crippen LogP contribution in [0, 0.1) is 0 Å². The van der Waals surface area contributed by atoms with E-state index in [9.17, 15) is 0 Å². The molecule has 0 rings (SSSR count). The standard InChI is InChI=1S/C6H15NO/c1-4-7-6(3)8-5-2/h6-7H,4-5H2,1-3H3. The number of hydrogen-bond donors (Lipinski definition) is 1. The first-order valence-corrected chi connectivity index (χ1v) is 3.16. The molecule has 2 heteroatoms. The van der Waals surface area contributed by atoms with Crippen LogP contribution in [0.25, 0.3) is 0 Å². The highest BCUT2D eigenvalue weighted by Gasteiger charge is 1.93. The van der Waals surface area contributed by atoms with Crippen molar-refractivity contribution in [3.63, 3.8) is 0 Å². The van der Waals surface area contributed by atoms with Gasteiger partial charge in [-0.25, -0.2) is 0 Å². The molecule has 1 atom stereocenters. The van der Waals surface area contributed by atoms with E-state index < -0.39 is 0 Å². The second-order valence-electron chi connectivity index (χ2n) is 1.66. The van der Waals surface area contributed by atoms with Crippen molar-refractivity contribution < 1.29 is 4.74 Å². The molecule has 1 N–H and O–H groups in total. The maximum Gasteiger partial charge on any atom is 0.105 e. The Kier molecular flexibility index (Phi) is 5.01. The maximum atomic E-state index is 5.17. The average Bonchev–Trinajstić information content (AvgIpc) is 1.68. The van der Waals surface area contributed by atoms with Gasteiger partial charge in [0.25, 0.3) is 0 Å². The first-order chi connectivity index (χ1) is 3.81. The molecule has 0 radical (unpaired) electrons. The summed E-state index contributed by atoms with van der Waals surface area (Å²) in [4.78, 5) is 0. The van der Waals surface area contributed by atoms with Gasteiger partial charge in [0.05, 0.1) is 0 Å². The van der Waals surface area contributed by atoms with Gasteiger partial charge in [0.2, 0.25) is 0 Å². The number of rotatable bonds is 4. The van der Waals surface area contributed by atoms with Crippen LogP contribution in [0.2, 0.25) is 0 Å². The van der Waals surface area contributed by atoms with Crippen molar-refractivity contribution in [1.82, 2.24) is 5.32 Å². The van der Waals surface area contributed by atoms with Gasteiger partial charge in [0.15, 0.2) is 0 Å². The Morgan fingerprint density at radius 3 is 2.50 bits per heavy atom. The lowest BCUT2D eigenvalue weighted by atomic mass is 10.6. The van der Waals surface area contributed by atoms with E-state index >= 15 is 0 Å². The molecule has 0 aliphatic heterocycles. The van der Waals surface area contributed by atoms with E-state index in [2.05, 4.69) is 12.2 Å². The summed E-state index contributed by atoms with van der Waals surface area (Å²) in [5, 5.41) is 3.12. The van der Waals surface area contributed by atoms with Crippen LogP contribution in [-0.2, 0) is 4.74 Å². The molecular weight excluding hydrogens is 102 g/mol. The van der Waals surface area contributed by atoms with Crippen LogP contribution in [-0.4, -0.2) is 19.4 Å². The highest BCUT2D eigenvalue weighted by atomic mass is 16.5. The zero-order valence-corrected chi connectivity index (χ0v) is 5.90. The topological polar surface area (TPSA) is 21.3 Å². The minimum Gasteiger partial charge on any atom is -0.364 e. The molecule has 0 aromatic heterocycles. The Morgan fingerprint density at radius 1 is 1.50 bits per heavy atom. The van der Waals surface area contributed by atoms with Gasteiger partial charge in [-0.2, -0.15) is 0 Å². The first-order valence-electron chi connectivity index (χ1n) is 3.16. The Bertz CT molecular complexity index is 41.8. The predicted molar refractivity (Wildman–Crippen MR) is 34.8 cm³/mol. The van der Waals surface area contributed by atoms with Gasteiger partial charge in [-0.15, -0.1) is 0 Å². The van der Waals surface area contributed by atoms with Gasteiger partial charge in [-0.1, -0.05) is 6.92 Å². The maximum absolute atomic E-state index is 5.17. The number of ether oxygens (including phenoxy) is 1. The van der Waals surface area contributed by atoms with Gasteiger partial charge in [-0.05, 0) is 20.4 Å². The van der Waals surface area contributed by atoms with Crippen molar-refractivity contribution in [3.05, 3.63) is 0 Å². The SMILES string of the molecule is CCNC(C)OCC. The highest BCUT2D eigenvalue weighted by molar-refractivity contribution is 4.41. The quantitative estimate of drug-likeness (QED) is 0.554. The lowest BCUT2D eigenvalue weighted by Gasteiger charge is -2.10. The fourth-order valence-corrected chi connectivity index (χ4v) is 0.596. The zero-order chi connectivity index (χ0) is 6.41. The van der Waals surface area contributed by atoms with E-state index in [1.165, 1.54) is 0 Å². The average molecular weight is 117 g/mol. The van der Waals surface area contributed by atoms with E-state index in [0.717, 1.165) is 13.2 Å². The fraction of sp³-hybridized carbons (Fsp3) is 1.00. The minimum absolute atomic E-state index is 0.213. The molecule has 0 bridgehead atoms. The van der Waals surface area contributed by atoms with E-state index in [1.54, 1.807) is 0 Å². The summed E-state index contributed by atoms with van der Waals surface area (Å²) >= 11 is 0. The Labute approximate surface area is 51.2 Å². The van der Waals surface area contributed by atoms with Crippen molar-refractivity contribution in [2.45, 2.75) is 27.0 Å². The summed E-state index contributed by atoms with van der Waals surface area (Å²) in [6, 6.07) is 0. The fourth-order valence-electron chi connectivity index (χ4n) is 0.596. The van der Waals surface area contributed by atoms with Crippen molar-refractivity contribution in [3.8, 4) is 0 Å². The van der Waals surface area contributed by atoms with Crippen molar-refractivity contribution >= 4 is 0 Å². The van der Waals surface area contributed by atoms with Crippen molar-refractivity contribution in [2.24, 2.45) is 0 Å².